The zero-order chi connectivity index (χ0) is 15.9. The molecule has 3 heterocycles. The van der Waals surface area contributed by atoms with Crippen molar-refractivity contribution in [1.82, 2.24) is 9.55 Å². The minimum absolute atomic E-state index is 0.0629. The maximum Gasteiger partial charge on any atom is 0.303 e. The molecule has 9 nitrogen and oxygen atoms in total. The molecule has 0 radical (unpaired) electrons. The van der Waals surface area contributed by atoms with Gasteiger partial charge in [-0.05, 0) is 0 Å². The van der Waals surface area contributed by atoms with Crippen LogP contribution in [0.2, 0.25) is 0 Å². The Morgan fingerprint density at radius 3 is 2.82 bits per heavy atom. The summed E-state index contributed by atoms with van der Waals surface area (Å²) in [6.45, 7) is 2.48. The van der Waals surface area contributed by atoms with Gasteiger partial charge in [0, 0.05) is 26.1 Å². The third-order valence-electron chi connectivity index (χ3n) is 3.36. The van der Waals surface area contributed by atoms with E-state index >= 15 is 0 Å². The van der Waals surface area contributed by atoms with Gasteiger partial charge in [-0.1, -0.05) is 0 Å². The average Bonchev–Trinajstić information content (AvgIpc) is 2.92. The lowest BCUT2D eigenvalue weighted by Gasteiger charge is -2.20. The zero-order valence-electron chi connectivity index (χ0n) is 11.9. The number of esters is 2. The van der Waals surface area contributed by atoms with Crippen molar-refractivity contribution >= 4 is 11.9 Å². The molecule has 22 heavy (non-hydrogen) atoms. The Morgan fingerprint density at radius 1 is 1.36 bits per heavy atom. The van der Waals surface area contributed by atoms with E-state index in [0.29, 0.717) is 0 Å². The Kier molecular flexibility index (Phi) is 3.57. The Labute approximate surface area is 124 Å². The molecule has 0 bridgehead atoms. The predicted molar refractivity (Wildman–Crippen MR) is 69.0 cm³/mol. The highest BCUT2D eigenvalue weighted by atomic mass is 16.7. The Hall–Kier alpha value is -2.42. The summed E-state index contributed by atoms with van der Waals surface area (Å²) in [6.07, 6.45) is -1.19. The van der Waals surface area contributed by atoms with Crippen molar-refractivity contribution < 1.29 is 28.5 Å². The second-order valence-corrected chi connectivity index (χ2v) is 4.98. The van der Waals surface area contributed by atoms with Crippen molar-refractivity contribution in [3.8, 4) is 6.01 Å². The number of hydrogen-bond donors (Lipinski definition) is 0. The van der Waals surface area contributed by atoms with E-state index in [2.05, 4.69) is 4.98 Å². The smallest absolute Gasteiger partial charge is 0.303 e. The molecule has 0 N–H and O–H groups in total. The molecule has 1 aromatic heterocycles. The highest BCUT2D eigenvalue weighted by Gasteiger charge is 2.54. The van der Waals surface area contributed by atoms with E-state index in [1.165, 1.54) is 30.7 Å². The second-order valence-electron chi connectivity index (χ2n) is 4.98. The van der Waals surface area contributed by atoms with Crippen molar-refractivity contribution in [3.05, 3.63) is 22.6 Å². The van der Waals surface area contributed by atoms with E-state index in [9.17, 15) is 14.4 Å². The highest BCUT2D eigenvalue weighted by Crippen LogP contribution is 2.40. The third-order valence-corrected chi connectivity index (χ3v) is 3.36. The van der Waals surface area contributed by atoms with Gasteiger partial charge in [0.25, 0.3) is 5.56 Å². The first-order chi connectivity index (χ1) is 10.5. The fraction of sp³-hybridized carbons (Fsp3) is 0.538. The summed E-state index contributed by atoms with van der Waals surface area (Å²) in [4.78, 5) is 37.2. The monoisotopic (exact) mass is 310 g/mol. The topological polar surface area (TPSA) is 106 Å². The van der Waals surface area contributed by atoms with Gasteiger partial charge in [0.2, 0.25) is 0 Å². The number of hydrogen-bond acceptors (Lipinski definition) is 8. The molecule has 1 aromatic rings. The van der Waals surface area contributed by atoms with Crippen LogP contribution in [0.4, 0.5) is 0 Å². The molecule has 0 amide bonds. The van der Waals surface area contributed by atoms with Crippen LogP contribution < -0.4 is 10.3 Å². The van der Waals surface area contributed by atoms with Gasteiger partial charge in [0.05, 0.1) is 0 Å². The Bertz CT molecular complexity index is 671. The van der Waals surface area contributed by atoms with Gasteiger partial charge in [0.1, 0.15) is 12.7 Å². The predicted octanol–water partition coefficient (Wildman–Crippen LogP) is -0.604. The van der Waals surface area contributed by atoms with Crippen molar-refractivity contribution in [2.45, 2.75) is 38.4 Å². The first kappa shape index (κ1) is 14.5. The van der Waals surface area contributed by atoms with Crippen LogP contribution in [-0.4, -0.2) is 46.4 Å². The standard InChI is InChI=1S/C13H14N2O7/c1-6(16)19-5-8-10(20-7(2)17)11-12(21-8)15-4-3-9(18)14-13(15)22-11/h3-4,8,10-12H,5H2,1-2H3/t8-,10?,11?,12-/m1/s1. The maximum atomic E-state index is 11.3. The van der Waals surface area contributed by atoms with Crippen LogP contribution in [0, 0.1) is 0 Å². The van der Waals surface area contributed by atoms with E-state index in [4.69, 9.17) is 18.9 Å². The summed E-state index contributed by atoms with van der Waals surface area (Å²) >= 11 is 0. The first-order valence-electron chi connectivity index (χ1n) is 6.67. The number of rotatable bonds is 3. The third kappa shape index (κ3) is 2.54. The normalized spacial score (nSPS) is 28.5. The van der Waals surface area contributed by atoms with Gasteiger partial charge in [-0.2, -0.15) is 4.98 Å². The van der Waals surface area contributed by atoms with Crippen LogP contribution in [0.5, 0.6) is 6.01 Å². The molecular formula is C13H14N2O7. The van der Waals surface area contributed by atoms with Crippen molar-refractivity contribution in [2.24, 2.45) is 0 Å². The average molecular weight is 310 g/mol. The minimum atomic E-state index is -0.765. The van der Waals surface area contributed by atoms with Gasteiger partial charge in [-0.15, -0.1) is 0 Å². The van der Waals surface area contributed by atoms with Gasteiger partial charge < -0.3 is 18.9 Å². The van der Waals surface area contributed by atoms with Crippen LogP contribution >= 0.6 is 0 Å². The summed E-state index contributed by atoms with van der Waals surface area (Å²) in [7, 11) is 0. The summed E-state index contributed by atoms with van der Waals surface area (Å²) in [5, 5.41) is 0. The quantitative estimate of drug-likeness (QED) is 0.681. The summed E-state index contributed by atoms with van der Waals surface area (Å²) in [5.41, 5.74) is -0.438. The number of nitrogens with zero attached hydrogens (tertiary/aromatic N) is 2. The molecule has 0 aromatic carbocycles. The van der Waals surface area contributed by atoms with Crippen molar-refractivity contribution in [2.75, 3.05) is 6.61 Å². The number of ether oxygens (including phenoxy) is 4. The molecule has 1 saturated heterocycles. The molecule has 2 aliphatic heterocycles. The van der Waals surface area contributed by atoms with Crippen LogP contribution in [0.25, 0.3) is 0 Å². The fourth-order valence-corrected chi connectivity index (χ4v) is 2.52. The summed E-state index contributed by atoms with van der Waals surface area (Å²) < 4.78 is 23.0. The lowest BCUT2D eigenvalue weighted by atomic mass is 10.1. The number of carbonyl (C=O) groups excluding carboxylic acids is 2. The molecule has 118 valence electrons. The second kappa shape index (κ2) is 5.41. The molecule has 2 unspecified atom stereocenters. The summed E-state index contributed by atoms with van der Waals surface area (Å²) in [6, 6.07) is 1.38. The van der Waals surface area contributed by atoms with Crippen LogP contribution in [-0.2, 0) is 23.8 Å². The number of aromatic nitrogens is 2. The lowest BCUT2D eigenvalue weighted by Crippen LogP contribution is -2.39. The molecule has 0 spiro atoms. The fourth-order valence-electron chi connectivity index (χ4n) is 2.52. The first-order valence-corrected chi connectivity index (χ1v) is 6.67. The van der Waals surface area contributed by atoms with Gasteiger partial charge in [0.15, 0.2) is 18.4 Å². The van der Waals surface area contributed by atoms with Gasteiger partial charge in [-0.25, -0.2) is 0 Å². The molecule has 4 atom stereocenters. The summed E-state index contributed by atoms with van der Waals surface area (Å²) in [5.74, 6) is -0.974. The largest absolute Gasteiger partial charge is 0.463 e. The van der Waals surface area contributed by atoms with Crippen LogP contribution in [0.1, 0.15) is 20.1 Å². The highest BCUT2D eigenvalue weighted by molar-refractivity contribution is 5.66. The lowest BCUT2D eigenvalue weighted by molar-refractivity contribution is -0.157. The van der Waals surface area contributed by atoms with E-state index < -0.39 is 42.0 Å². The maximum absolute atomic E-state index is 11.3. The molecule has 2 aliphatic rings. The van der Waals surface area contributed by atoms with Gasteiger partial charge in [-0.3, -0.25) is 19.0 Å². The SMILES string of the molecule is CC(=O)OC[C@H]1O[C@@H]2C(Oc3nc(=O)ccn32)C1OC(C)=O. The Morgan fingerprint density at radius 2 is 2.14 bits per heavy atom. The molecule has 0 aliphatic carbocycles. The zero-order valence-corrected chi connectivity index (χ0v) is 11.9. The van der Waals surface area contributed by atoms with E-state index in [1.807, 2.05) is 0 Å². The van der Waals surface area contributed by atoms with E-state index in [1.54, 1.807) is 0 Å². The molecule has 0 saturated carbocycles. The molecule has 1 fully saturated rings. The van der Waals surface area contributed by atoms with E-state index in [0.717, 1.165) is 0 Å². The van der Waals surface area contributed by atoms with Crippen molar-refractivity contribution in [1.29, 1.82) is 0 Å². The van der Waals surface area contributed by atoms with Gasteiger partial charge >= 0.3 is 17.9 Å². The number of fused-ring (bicyclic) bond motifs is 3. The minimum Gasteiger partial charge on any atom is -0.463 e. The molecule has 3 rings (SSSR count). The number of carbonyl (C=O) groups is 2. The van der Waals surface area contributed by atoms with E-state index in [-0.39, 0.29) is 12.6 Å². The van der Waals surface area contributed by atoms with Crippen LogP contribution in [0.15, 0.2) is 17.1 Å². The molecular weight excluding hydrogens is 296 g/mol. The Balaban J connectivity index is 1.84. The van der Waals surface area contributed by atoms with Crippen molar-refractivity contribution in [3.63, 3.8) is 0 Å². The molecule has 9 heteroatoms. The van der Waals surface area contributed by atoms with Crippen LogP contribution in [0.3, 0.4) is 0 Å².